The predicted molar refractivity (Wildman–Crippen MR) is 84.4 cm³/mol. The number of hydrogen-bond donors (Lipinski definition) is 1. The van der Waals surface area contributed by atoms with E-state index in [1.807, 2.05) is 0 Å². The maximum Gasteiger partial charge on any atom is 0.573 e. The van der Waals surface area contributed by atoms with Gasteiger partial charge in [-0.3, -0.25) is 0 Å². The van der Waals surface area contributed by atoms with Gasteiger partial charge < -0.3 is 24.3 Å². The van der Waals surface area contributed by atoms with Crippen molar-refractivity contribution < 1.29 is 71.6 Å². The summed E-state index contributed by atoms with van der Waals surface area (Å²) in [5, 5.41) is 2.27. The molecule has 0 aliphatic heterocycles. The van der Waals surface area contributed by atoms with Crippen molar-refractivity contribution >= 4 is 0 Å². The van der Waals surface area contributed by atoms with Crippen LogP contribution in [0, 0.1) is 5.41 Å². The molecule has 0 spiro atoms. The molecule has 0 heterocycles. The van der Waals surface area contributed by atoms with Crippen molar-refractivity contribution in [1.29, 1.82) is 0 Å². The molecule has 0 aromatic heterocycles. The lowest BCUT2D eigenvalue weighted by atomic mass is 9.81. The third kappa shape index (κ3) is 9.13. The minimum atomic E-state index is -5.91. The van der Waals surface area contributed by atoms with Crippen molar-refractivity contribution in [2.45, 2.75) is 52.3 Å². The highest BCUT2D eigenvalue weighted by molar-refractivity contribution is 5.63. The second-order valence-electron chi connectivity index (χ2n) is 7.22. The summed E-state index contributed by atoms with van der Waals surface area (Å²) >= 11 is 0. The molecule has 192 valence electrons. The van der Waals surface area contributed by atoms with Crippen LogP contribution in [0.2, 0.25) is 0 Å². The lowest BCUT2D eigenvalue weighted by molar-refractivity contribution is -0.294. The van der Waals surface area contributed by atoms with Crippen LogP contribution in [0.5, 0.6) is 23.0 Å². The van der Waals surface area contributed by atoms with Crippen LogP contribution in [-0.2, 0) is 0 Å². The van der Waals surface area contributed by atoms with Gasteiger partial charge in [-0.25, -0.2) is 0 Å². The molecule has 33 heavy (non-hydrogen) atoms. The van der Waals surface area contributed by atoms with E-state index in [0.717, 1.165) is 7.05 Å². The Bertz CT molecular complexity index is 822. The molecule has 1 atom stereocenters. The van der Waals surface area contributed by atoms with Crippen LogP contribution < -0.4 is 24.3 Å². The van der Waals surface area contributed by atoms with Crippen LogP contribution >= 0.6 is 0 Å². The second kappa shape index (κ2) is 9.06. The fourth-order valence-corrected chi connectivity index (χ4v) is 2.73. The number of rotatable bonds is 6. The zero-order chi connectivity index (χ0) is 26.2. The molecule has 1 unspecified atom stereocenters. The van der Waals surface area contributed by atoms with Gasteiger partial charge in [0, 0.05) is 12.1 Å². The molecule has 0 radical (unpaired) electrons. The van der Waals surface area contributed by atoms with Gasteiger partial charge >= 0.3 is 25.4 Å². The highest BCUT2D eigenvalue weighted by Gasteiger charge is 2.46. The van der Waals surface area contributed by atoms with Crippen LogP contribution in [0.3, 0.4) is 0 Å². The van der Waals surface area contributed by atoms with Gasteiger partial charge in [0.2, 0.25) is 5.75 Å². The molecule has 0 fully saturated rings. The highest BCUT2D eigenvalue weighted by Crippen LogP contribution is 2.55. The molecule has 1 aromatic carbocycles. The summed E-state index contributed by atoms with van der Waals surface area (Å²) in [6.45, 7) is 3.73. The average Bonchev–Trinajstić information content (AvgIpc) is 2.47. The van der Waals surface area contributed by atoms with E-state index in [2.05, 4.69) is 24.3 Å². The van der Waals surface area contributed by atoms with E-state index in [-0.39, 0.29) is 6.07 Å². The topological polar surface area (TPSA) is 49.0 Å². The van der Waals surface area contributed by atoms with Crippen LogP contribution in [0.15, 0.2) is 6.07 Å². The minimum absolute atomic E-state index is 0.337. The van der Waals surface area contributed by atoms with Gasteiger partial charge in [0.05, 0.1) is 5.56 Å². The number of halogens is 12. The van der Waals surface area contributed by atoms with Crippen LogP contribution in [0.1, 0.15) is 32.4 Å². The Kier molecular flexibility index (Phi) is 7.84. The molecule has 1 N–H and O–H groups in total. The first-order valence-electron chi connectivity index (χ1n) is 8.34. The summed E-state index contributed by atoms with van der Waals surface area (Å²) in [5.41, 5.74) is -2.72. The Balaban J connectivity index is 4.21. The standard InChI is InChI=1S/C16H15F12NO4/c1-12(2,3)11(29-4)8-6(30-13(17,18)19)5-7(31-14(20,21)22)9(32-15(23,24)25)10(8)33-16(26,27)28/h5,11,29H,1-4H3. The van der Waals surface area contributed by atoms with Gasteiger partial charge in [-0.1, -0.05) is 20.8 Å². The summed E-state index contributed by atoms with van der Waals surface area (Å²) in [6.07, 6.45) is -23.3. The molecule has 0 bridgehead atoms. The largest absolute Gasteiger partial charge is 0.573 e. The van der Waals surface area contributed by atoms with Crippen molar-refractivity contribution in [2.75, 3.05) is 7.05 Å². The quantitative estimate of drug-likeness (QED) is 0.436. The van der Waals surface area contributed by atoms with Crippen molar-refractivity contribution in [3.63, 3.8) is 0 Å². The van der Waals surface area contributed by atoms with E-state index >= 15 is 0 Å². The Hall–Kier alpha value is -2.46. The summed E-state index contributed by atoms with van der Waals surface area (Å²) in [5.74, 6) is -8.50. The molecule has 1 aromatic rings. The monoisotopic (exact) mass is 513 g/mol. The Morgan fingerprint density at radius 1 is 0.606 bits per heavy atom. The van der Waals surface area contributed by atoms with E-state index in [4.69, 9.17) is 0 Å². The lowest BCUT2D eigenvalue weighted by Gasteiger charge is -2.34. The van der Waals surface area contributed by atoms with E-state index in [1.54, 1.807) is 0 Å². The van der Waals surface area contributed by atoms with E-state index in [0.29, 0.717) is 0 Å². The minimum Gasteiger partial charge on any atom is -0.405 e. The average molecular weight is 513 g/mol. The van der Waals surface area contributed by atoms with Crippen molar-refractivity contribution in [3.05, 3.63) is 11.6 Å². The van der Waals surface area contributed by atoms with E-state index in [1.165, 1.54) is 20.8 Å². The molecular weight excluding hydrogens is 498 g/mol. The zero-order valence-electron chi connectivity index (χ0n) is 16.8. The molecule has 0 saturated heterocycles. The van der Waals surface area contributed by atoms with Crippen LogP contribution in [0.25, 0.3) is 0 Å². The van der Waals surface area contributed by atoms with Gasteiger partial charge in [0.15, 0.2) is 11.5 Å². The second-order valence-corrected chi connectivity index (χ2v) is 7.22. The van der Waals surface area contributed by atoms with E-state index in [9.17, 15) is 52.7 Å². The molecule has 5 nitrogen and oxygen atoms in total. The maximum absolute atomic E-state index is 13.0. The Morgan fingerprint density at radius 3 is 1.30 bits per heavy atom. The number of ether oxygens (including phenoxy) is 4. The fourth-order valence-electron chi connectivity index (χ4n) is 2.73. The normalized spacial score (nSPS) is 14.7. The fraction of sp³-hybridized carbons (Fsp3) is 0.625. The van der Waals surface area contributed by atoms with Crippen LogP contribution in [0.4, 0.5) is 52.7 Å². The summed E-state index contributed by atoms with van der Waals surface area (Å²) in [4.78, 5) is 0. The molecule has 0 aliphatic carbocycles. The van der Waals surface area contributed by atoms with Crippen molar-refractivity contribution in [3.8, 4) is 23.0 Å². The Labute approximate surface area is 177 Å². The number of hydrogen-bond acceptors (Lipinski definition) is 5. The molecule has 0 aliphatic rings. The van der Waals surface area contributed by atoms with Gasteiger partial charge in [-0.15, -0.1) is 52.7 Å². The predicted octanol–water partition coefficient (Wildman–Crippen LogP) is 6.59. The lowest BCUT2D eigenvalue weighted by Crippen LogP contribution is -2.33. The molecule has 17 heteroatoms. The summed E-state index contributed by atoms with van der Waals surface area (Å²) < 4.78 is 168. The van der Waals surface area contributed by atoms with Crippen molar-refractivity contribution in [1.82, 2.24) is 5.32 Å². The maximum atomic E-state index is 13.0. The first kappa shape index (κ1) is 28.6. The van der Waals surface area contributed by atoms with Gasteiger partial charge in [0.1, 0.15) is 5.75 Å². The number of nitrogens with one attached hydrogen (secondary N) is 1. The third-order valence-corrected chi connectivity index (χ3v) is 3.53. The number of benzene rings is 1. The molecule has 0 amide bonds. The molecule has 1 rings (SSSR count). The number of alkyl halides is 12. The van der Waals surface area contributed by atoms with Crippen molar-refractivity contribution in [2.24, 2.45) is 5.41 Å². The smallest absolute Gasteiger partial charge is 0.405 e. The summed E-state index contributed by atoms with van der Waals surface area (Å²) in [6, 6.07) is -2.04. The van der Waals surface area contributed by atoms with Gasteiger partial charge in [0.25, 0.3) is 0 Å². The summed E-state index contributed by atoms with van der Waals surface area (Å²) in [7, 11) is 1.01. The van der Waals surface area contributed by atoms with Crippen LogP contribution in [-0.4, -0.2) is 32.5 Å². The molecule has 0 saturated carbocycles. The Morgan fingerprint density at radius 2 is 0.970 bits per heavy atom. The highest BCUT2D eigenvalue weighted by atomic mass is 19.4. The first-order valence-corrected chi connectivity index (χ1v) is 8.34. The van der Waals surface area contributed by atoms with Gasteiger partial charge in [-0.2, -0.15) is 0 Å². The first-order chi connectivity index (χ1) is 14.4. The SMILES string of the molecule is CNC(c1c(OC(F)(F)F)cc(OC(F)(F)F)c(OC(F)(F)F)c1OC(F)(F)F)C(C)(C)C. The molecular formula is C16H15F12NO4. The third-order valence-electron chi connectivity index (χ3n) is 3.53. The van der Waals surface area contributed by atoms with Gasteiger partial charge in [-0.05, 0) is 12.5 Å². The van der Waals surface area contributed by atoms with E-state index < -0.39 is 65.5 Å². The zero-order valence-corrected chi connectivity index (χ0v) is 16.8.